The molecule has 1 aliphatic rings. The highest BCUT2D eigenvalue weighted by atomic mass is 16.7. The second-order valence-corrected chi connectivity index (χ2v) is 3.63. The molecule has 1 heterocycles. The van der Waals surface area contributed by atoms with E-state index >= 15 is 0 Å². The summed E-state index contributed by atoms with van der Waals surface area (Å²) in [5, 5.41) is 0. The third-order valence-corrected chi connectivity index (χ3v) is 2.33. The highest BCUT2D eigenvalue weighted by Gasteiger charge is 2.15. The molecule has 0 fully saturated rings. The normalized spacial score (nSPS) is 14.6. The van der Waals surface area contributed by atoms with E-state index in [-0.39, 0.29) is 25.2 Å². The molecule has 0 spiro atoms. The Morgan fingerprint density at radius 3 is 3.00 bits per heavy atom. The molecule has 5 nitrogen and oxygen atoms in total. The maximum Gasteiger partial charge on any atom is 0.231 e. The van der Waals surface area contributed by atoms with Crippen molar-refractivity contribution in [3.05, 3.63) is 18.2 Å². The van der Waals surface area contributed by atoms with Crippen molar-refractivity contribution in [2.24, 2.45) is 11.7 Å². The van der Waals surface area contributed by atoms with Gasteiger partial charge in [-0.15, -0.1) is 0 Å². The lowest BCUT2D eigenvalue weighted by atomic mass is 10.2. The van der Waals surface area contributed by atoms with Gasteiger partial charge in [0.25, 0.3) is 0 Å². The fourth-order valence-corrected chi connectivity index (χ4v) is 1.27. The Morgan fingerprint density at radius 2 is 2.25 bits per heavy atom. The summed E-state index contributed by atoms with van der Waals surface area (Å²) in [7, 11) is 0. The standard InChI is InChI=1S/C11H13NO4/c1-7(11(12)13)5-14-8-2-3-9-10(4-8)16-6-15-9/h2-4,7H,5-6H2,1H3,(H2,12,13). The molecule has 0 saturated carbocycles. The van der Waals surface area contributed by atoms with Gasteiger partial charge >= 0.3 is 0 Å². The summed E-state index contributed by atoms with van der Waals surface area (Å²) in [6.45, 7) is 2.21. The van der Waals surface area contributed by atoms with E-state index in [1.807, 2.05) is 0 Å². The van der Waals surface area contributed by atoms with E-state index in [1.165, 1.54) is 0 Å². The monoisotopic (exact) mass is 223 g/mol. The van der Waals surface area contributed by atoms with Gasteiger partial charge in [0, 0.05) is 6.07 Å². The number of benzene rings is 1. The van der Waals surface area contributed by atoms with Crippen LogP contribution in [0.4, 0.5) is 0 Å². The number of fused-ring (bicyclic) bond motifs is 1. The Kier molecular flexibility index (Phi) is 2.85. The second kappa shape index (κ2) is 4.30. The Labute approximate surface area is 93.1 Å². The summed E-state index contributed by atoms with van der Waals surface area (Å²) in [4.78, 5) is 10.8. The number of primary amides is 1. The lowest BCUT2D eigenvalue weighted by molar-refractivity contribution is -0.122. The van der Waals surface area contributed by atoms with Crippen LogP contribution in [0, 0.1) is 5.92 Å². The van der Waals surface area contributed by atoms with E-state index < -0.39 is 0 Å². The summed E-state index contributed by atoms with van der Waals surface area (Å²) in [5.41, 5.74) is 5.13. The van der Waals surface area contributed by atoms with Gasteiger partial charge < -0.3 is 19.9 Å². The average Bonchev–Trinajstić information content (AvgIpc) is 2.72. The van der Waals surface area contributed by atoms with Gasteiger partial charge in [0.05, 0.1) is 12.5 Å². The van der Waals surface area contributed by atoms with Gasteiger partial charge in [-0.1, -0.05) is 6.92 Å². The maximum absolute atomic E-state index is 10.8. The molecule has 1 amide bonds. The number of rotatable bonds is 4. The SMILES string of the molecule is CC(COc1ccc2c(c1)OCO2)C(N)=O. The van der Waals surface area contributed by atoms with Gasteiger partial charge in [-0.2, -0.15) is 0 Å². The van der Waals surface area contributed by atoms with Crippen molar-refractivity contribution in [1.29, 1.82) is 0 Å². The second-order valence-electron chi connectivity index (χ2n) is 3.63. The Morgan fingerprint density at radius 1 is 1.50 bits per heavy atom. The number of nitrogens with two attached hydrogens (primary N) is 1. The summed E-state index contributed by atoms with van der Waals surface area (Å²) >= 11 is 0. The van der Waals surface area contributed by atoms with Gasteiger partial charge in [-0.3, -0.25) is 4.79 Å². The number of carbonyl (C=O) groups is 1. The maximum atomic E-state index is 10.8. The van der Waals surface area contributed by atoms with Crippen LogP contribution in [0.3, 0.4) is 0 Å². The number of hydrogen-bond donors (Lipinski definition) is 1. The van der Waals surface area contributed by atoms with Crippen LogP contribution in [0.15, 0.2) is 18.2 Å². The topological polar surface area (TPSA) is 70.8 Å². The summed E-state index contributed by atoms with van der Waals surface area (Å²) in [6.07, 6.45) is 0. The molecular formula is C11H13NO4. The Hall–Kier alpha value is -1.91. The molecule has 0 bridgehead atoms. The van der Waals surface area contributed by atoms with E-state index in [0.29, 0.717) is 17.2 Å². The van der Waals surface area contributed by atoms with Crippen molar-refractivity contribution in [3.8, 4) is 17.2 Å². The van der Waals surface area contributed by atoms with Crippen molar-refractivity contribution in [3.63, 3.8) is 0 Å². The lowest BCUT2D eigenvalue weighted by Gasteiger charge is -2.10. The predicted octanol–water partition coefficient (Wildman–Crippen LogP) is 0.915. The van der Waals surface area contributed by atoms with Gasteiger partial charge in [-0.25, -0.2) is 0 Å². The van der Waals surface area contributed by atoms with E-state index in [4.69, 9.17) is 19.9 Å². The van der Waals surface area contributed by atoms with Crippen LogP contribution < -0.4 is 19.9 Å². The zero-order chi connectivity index (χ0) is 11.5. The zero-order valence-electron chi connectivity index (χ0n) is 8.93. The van der Waals surface area contributed by atoms with Gasteiger partial charge in [0.15, 0.2) is 11.5 Å². The molecule has 1 aromatic rings. The van der Waals surface area contributed by atoms with Crippen LogP contribution in [0.25, 0.3) is 0 Å². The summed E-state index contributed by atoms with van der Waals surface area (Å²) in [6, 6.07) is 5.27. The minimum atomic E-state index is -0.374. The number of ether oxygens (including phenoxy) is 3. The quantitative estimate of drug-likeness (QED) is 0.823. The molecule has 1 atom stereocenters. The Bertz CT molecular complexity index is 405. The van der Waals surface area contributed by atoms with Crippen LogP contribution in [0.1, 0.15) is 6.92 Å². The summed E-state index contributed by atoms with van der Waals surface area (Å²) < 4.78 is 15.8. The molecule has 5 heteroatoms. The minimum Gasteiger partial charge on any atom is -0.493 e. The molecule has 1 aromatic carbocycles. The first-order valence-corrected chi connectivity index (χ1v) is 4.98. The van der Waals surface area contributed by atoms with Gasteiger partial charge in [0.2, 0.25) is 12.7 Å². The molecule has 0 aromatic heterocycles. The molecule has 2 rings (SSSR count). The fourth-order valence-electron chi connectivity index (χ4n) is 1.27. The van der Waals surface area contributed by atoms with Crippen LogP contribution in [-0.2, 0) is 4.79 Å². The van der Waals surface area contributed by atoms with Crippen molar-refractivity contribution in [2.75, 3.05) is 13.4 Å². The predicted molar refractivity (Wildman–Crippen MR) is 56.4 cm³/mol. The zero-order valence-corrected chi connectivity index (χ0v) is 8.93. The van der Waals surface area contributed by atoms with Crippen LogP contribution in [-0.4, -0.2) is 19.3 Å². The molecule has 2 N–H and O–H groups in total. The average molecular weight is 223 g/mol. The van der Waals surface area contributed by atoms with E-state index in [2.05, 4.69) is 0 Å². The minimum absolute atomic E-state index is 0.233. The third-order valence-electron chi connectivity index (χ3n) is 2.33. The number of carbonyl (C=O) groups excluding carboxylic acids is 1. The molecule has 1 unspecified atom stereocenters. The highest BCUT2D eigenvalue weighted by molar-refractivity contribution is 5.76. The summed E-state index contributed by atoms with van der Waals surface area (Å²) in [5.74, 6) is 1.31. The largest absolute Gasteiger partial charge is 0.493 e. The molecule has 86 valence electrons. The van der Waals surface area contributed by atoms with Crippen LogP contribution in [0.5, 0.6) is 17.2 Å². The first-order valence-electron chi connectivity index (χ1n) is 4.98. The lowest BCUT2D eigenvalue weighted by Crippen LogP contribution is -2.25. The molecule has 0 radical (unpaired) electrons. The van der Waals surface area contributed by atoms with Crippen LogP contribution in [0.2, 0.25) is 0 Å². The van der Waals surface area contributed by atoms with E-state index in [0.717, 1.165) is 0 Å². The first-order chi connectivity index (χ1) is 7.66. The highest BCUT2D eigenvalue weighted by Crippen LogP contribution is 2.35. The molecule has 1 aliphatic heterocycles. The first kappa shape index (κ1) is 10.6. The van der Waals surface area contributed by atoms with Gasteiger partial charge in [-0.05, 0) is 12.1 Å². The van der Waals surface area contributed by atoms with Crippen LogP contribution >= 0.6 is 0 Å². The van der Waals surface area contributed by atoms with E-state index in [9.17, 15) is 4.79 Å². The number of hydrogen-bond acceptors (Lipinski definition) is 4. The van der Waals surface area contributed by atoms with Crippen molar-refractivity contribution in [2.45, 2.75) is 6.92 Å². The third kappa shape index (κ3) is 2.18. The molecule has 0 saturated heterocycles. The molecular weight excluding hydrogens is 210 g/mol. The fraction of sp³-hybridized carbons (Fsp3) is 0.364. The Balaban J connectivity index is 1.98. The van der Waals surface area contributed by atoms with E-state index in [1.54, 1.807) is 25.1 Å². The molecule has 0 aliphatic carbocycles. The van der Waals surface area contributed by atoms with Crippen molar-refractivity contribution < 1.29 is 19.0 Å². The molecule has 16 heavy (non-hydrogen) atoms. The van der Waals surface area contributed by atoms with Crippen molar-refractivity contribution >= 4 is 5.91 Å². The number of amides is 1. The van der Waals surface area contributed by atoms with Crippen molar-refractivity contribution in [1.82, 2.24) is 0 Å². The smallest absolute Gasteiger partial charge is 0.231 e. The van der Waals surface area contributed by atoms with Gasteiger partial charge in [0.1, 0.15) is 5.75 Å².